The molecule has 2 fully saturated rings. The lowest BCUT2D eigenvalue weighted by Crippen LogP contribution is -2.57. The van der Waals surface area contributed by atoms with Gasteiger partial charge in [-0.1, -0.05) is 26.2 Å². The van der Waals surface area contributed by atoms with Crippen LogP contribution in [0.1, 0.15) is 51.9 Å². The van der Waals surface area contributed by atoms with Gasteiger partial charge < -0.3 is 5.73 Å². The minimum Gasteiger partial charge on any atom is -0.329 e. The number of nitrogens with zero attached hydrogens (tertiary/aromatic N) is 1. The maximum Gasteiger partial charge on any atom is 0.0359 e. The second kappa shape index (κ2) is 4.84. The molecule has 0 amide bonds. The largest absolute Gasteiger partial charge is 0.329 e. The molecule has 0 radical (unpaired) electrons. The molecule has 1 saturated carbocycles. The van der Waals surface area contributed by atoms with Crippen LogP contribution in [0.3, 0.4) is 0 Å². The Morgan fingerprint density at radius 1 is 1.20 bits per heavy atom. The Morgan fingerprint density at radius 2 is 1.93 bits per heavy atom. The molecule has 2 nitrogen and oxygen atoms in total. The van der Waals surface area contributed by atoms with E-state index in [0.29, 0.717) is 5.54 Å². The molecule has 0 aromatic rings. The van der Waals surface area contributed by atoms with Crippen LogP contribution in [-0.2, 0) is 0 Å². The monoisotopic (exact) mass is 210 g/mol. The Labute approximate surface area is 94.2 Å². The highest BCUT2D eigenvalue weighted by Crippen LogP contribution is 2.42. The van der Waals surface area contributed by atoms with Crippen molar-refractivity contribution in [3.05, 3.63) is 0 Å². The fourth-order valence-corrected chi connectivity index (χ4v) is 3.86. The first-order valence-corrected chi connectivity index (χ1v) is 6.78. The van der Waals surface area contributed by atoms with Crippen molar-refractivity contribution in [3.8, 4) is 0 Å². The first kappa shape index (κ1) is 11.4. The van der Waals surface area contributed by atoms with Crippen molar-refractivity contribution in [1.29, 1.82) is 0 Å². The van der Waals surface area contributed by atoms with E-state index in [0.717, 1.165) is 12.5 Å². The Bertz CT molecular complexity index is 199. The minimum absolute atomic E-state index is 0.384. The van der Waals surface area contributed by atoms with E-state index in [1.165, 1.54) is 58.0 Å². The van der Waals surface area contributed by atoms with Gasteiger partial charge in [0.05, 0.1) is 0 Å². The third-order valence-electron chi connectivity index (χ3n) is 4.75. The van der Waals surface area contributed by atoms with Gasteiger partial charge in [0.25, 0.3) is 0 Å². The van der Waals surface area contributed by atoms with Crippen molar-refractivity contribution in [2.75, 3.05) is 19.6 Å². The van der Waals surface area contributed by atoms with Crippen LogP contribution in [0.15, 0.2) is 0 Å². The molecule has 0 aromatic carbocycles. The fourth-order valence-electron chi connectivity index (χ4n) is 3.86. The Hall–Kier alpha value is -0.0800. The molecule has 0 aromatic heterocycles. The molecule has 0 spiro atoms. The summed E-state index contributed by atoms with van der Waals surface area (Å²) in [6.45, 7) is 5.82. The van der Waals surface area contributed by atoms with E-state index >= 15 is 0 Å². The van der Waals surface area contributed by atoms with E-state index in [9.17, 15) is 0 Å². The summed E-state index contributed by atoms with van der Waals surface area (Å²) >= 11 is 0. The number of likely N-dealkylation sites (tertiary alicyclic amines) is 1. The van der Waals surface area contributed by atoms with E-state index in [2.05, 4.69) is 11.8 Å². The Kier molecular flexibility index (Phi) is 3.68. The van der Waals surface area contributed by atoms with Crippen molar-refractivity contribution < 1.29 is 0 Å². The third kappa shape index (κ3) is 1.94. The predicted octanol–water partition coefficient (Wildman–Crippen LogP) is 2.38. The summed E-state index contributed by atoms with van der Waals surface area (Å²) in [5, 5.41) is 0. The third-order valence-corrected chi connectivity index (χ3v) is 4.75. The van der Waals surface area contributed by atoms with E-state index in [1.54, 1.807) is 0 Å². The summed E-state index contributed by atoms with van der Waals surface area (Å²) in [5.74, 6) is 0.862. The van der Waals surface area contributed by atoms with Gasteiger partial charge in [-0.3, -0.25) is 4.90 Å². The van der Waals surface area contributed by atoms with Crippen LogP contribution < -0.4 is 5.73 Å². The van der Waals surface area contributed by atoms with Crippen molar-refractivity contribution in [3.63, 3.8) is 0 Å². The SMILES string of the molecule is CCC1CCCC1(CN)N1CCCCC1. The van der Waals surface area contributed by atoms with Gasteiger partial charge in [0.1, 0.15) is 0 Å². The molecule has 2 rings (SSSR count). The zero-order valence-corrected chi connectivity index (χ0v) is 10.2. The topological polar surface area (TPSA) is 29.3 Å². The Morgan fingerprint density at radius 3 is 2.53 bits per heavy atom. The van der Waals surface area contributed by atoms with Crippen molar-refractivity contribution in [2.45, 2.75) is 57.4 Å². The number of piperidine rings is 1. The van der Waals surface area contributed by atoms with Gasteiger partial charge in [0.15, 0.2) is 0 Å². The molecular weight excluding hydrogens is 184 g/mol. The van der Waals surface area contributed by atoms with Gasteiger partial charge in [0, 0.05) is 12.1 Å². The highest BCUT2D eigenvalue weighted by atomic mass is 15.2. The van der Waals surface area contributed by atoms with Crippen LogP contribution in [0.2, 0.25) is 0 Å². The standard InChI is InChI=1S/C13H26N2/c1-2-12-7-6-8-13(12,11-14)15-9-4-3-5-10-15/h12H,2-11,14H2,1H3. The lowest BCUT2D eigenvalue weighted by Gasteiger charge is -2.46. The van der Waals surface area contributed by atoms with Crippen LogP contribution in [0.4, 0.5) is 0 Å². The van der Waals surface area contributed by atoms with Gasteiger partial charge in [-0.25, -0.2) is 0 Å². The van der Waals surface area contributed by atoms with Crippen molar-refractivity contribution in [2.24, 2.45) is 11.7 Å². The summed E-state index contributed by atoms with van der Waals surface area (Å²) < 4.78 is 0. The molecular formula is C13H26N2. The maximum absolute atomic E-state index is 6.12. The van der Waals surface area contributed by atoms with Crippen LogP contribution in [0, 0.1) is 5.92 Å². The van der Waals surface area contributed by atoms with Gasteiger partial charge in [-0.15, -0.1) is 0 Å². The highest BCUT2D eigenvalue weighted by molar-refractivity contribution is 5.01. The van der Waals surface area contributed by atoms with E-state index in [-0.39, 0.29) is 0 Å². The highest BCUT2D eigenvalue weighted by Gasteiger charge is 2.45. The first-order chi connectivity index (χ1) is 7.33. The zero-order chi connectivity index (χ0) is 10.7. The lowest BCUT2D eigenvalue weighted by molar-refractivity contribution is 0.0387. The van der Waals surface area contributed by atoms with Gasteiger partial charge in [-0.2, -0.15) is 0 Å². The number of hydrogen-bond acceptors (Lipinski definition) is 2. The average molecular weight is 210 g/mol. The first-order valence-electron chi connectivity index (χ1n) is 6.78. The molecule has 1 aliphatic carbocycles. The molecule has 1 saturated heterocycles. The van der Waals surface area contributed by atoms with E-state index < -0.39 is 0 Å². The second-order valence-electron chi connectivity index (χ2n) is 5.35. The molecule has 2 aliphatic rings. The van der Waals surface area contributed by atoms with E-state index in [4.69, 9.17) is 5.73 Å². The molecule has 2 heteroatoms. The molecule has 2 N–H and O–H groups in total. The maximum atomic E-state index is 6.12. The van der Waals surface area contributed by atoms with E-state index in [1.807, 2.05) is 0 Å². The summed E-state index contributed by atoms with van der Waals surface area (Å²) in [6.07, 6.45) is 9.66. The molecule has 88 valence electrons. The van der Waals surface area contributed by atoms with Crippen LogP contribution in [-0.4, -0.2) is 30.1 Å². The summed E-state index contributed by atoms with van der Waals surface area (Å²) in [4.78, 5) is 2.73. The van der Waals surface area contributed by atoms with Crippen molar-refractivity contribution in [1.82, 2.24) is 4.90 Å². The number of nitrogens with two attached hydrogens (primary N) is 1. The summed E-state index contributed by atoms with van der Waals surface area (Å²) in [5.41, 5.74) is 6.51. The normalized spacial score (nSPS) is 38.4. The van der Waals surface area contributed by atoms with Crippen molar-refractivity contribution >= 4 is 0 Å². The molecule has 1 aliphatic heterocycles. The molecule has 2 unspecified atom stereocenters. The molecule has 1 heterocycles. The second-order valence-corrected chi connectivity index (χ2v) is 5.35. The van der Waals surface area contributed by atoms with Crippen LogP contribution in [0.5, 0.6) is 0 Å². The van der Waals surface area contributed by atoms with Gasteiger partial charge in [0.2, 0.25) is 0 Å². The number of hydrogen-bond donors (Lipinski definition) is 1. The molecule has 0 bridgehead atoms. The average Bonchev–Trinajstić information content (AvgIpc) is 2.74. The fraction of sp³-hybridized carbons (Fsp3) is 1.00. The molecule has 2 atom stereocenters. The van der Waals surface area contributed by atoms with Gasteiger partial charge >= 0.3 is 0 Å². The summed E-state index contributed by atoms with van der Waals surface area (Å²) in [6, 6.07) is 0. The quantitative estimate of drug-likeness (QED) is 0.775. The lowest BCUT2D eigenvalue weighted by atomic mass is 9.82. The van der Waals surface area contributed by atoms with Crippen LogP contribution in [0.25, 0.3) is 0 Å². The van der Waals surface area contributed by atoms with Crippen LogP contribution >= 0.6 is 0 Å². The zero-order valence-electron chi connectivity index (χ0n) is 10.2. The Balaban J connectivity index is 2.11. The summed E-state index contributed by atoms with van der Waals surface area (Å²) in [7, 11) is 0. The predicted molar refractivity (Wildman–Crippen MR) is 64.8 cm³/mol. The number of rotatable bonds is 3. The smallest absolute Gasteiger partial charge is 0.0359 e. The van der Waals surface area contributed by atoms with Gasteiger partial charge in [-0.05, 0) is 44.7 Å². The molecule has 15 heavy (non-hydrogen) atoms. The minimum atomic E-state index is 0.384.